The molecular weight excluding hydrogens is 280 g/mol. The molecule has 1 unspecified atom stereocenters. The fraction of sp³-hybridized carbons (Fsp3) is 0.692. The van der Waals surface area contributed by atoms with E-state index in [2.05, 4.69) is 17.0 Å². The molecule has 4 nitrogen and oxygen atoms in total. The molecule has 0 saturated carbocycles. The molecule has 0 aromatic carbocycles. The van der Waals surface area contributed by atoms with Gasteiger partial charge in [0.25, 0.3) is 0 Å². The van der Waals surface area contributed by atoms with Crippen LogP contribution in [0.3, 0.4) is 0 Å². The van der Waals surface area contributed by atoms with Crippen molar-refractivity contribution in [2.75, 3.05) is 25.4 Å². The Morgan fingerprint density at radius 1 is 1.53 bits per heavy atom. The van der Waals surface area contributed by atoms with E-state index in [1.807, 2.05) is 17.5 Å². The lowest BCUT2D eigenvalue weighted by molar-refractivity contribution is 0.238. The Kier molecular flexibility index (Phi) is 5.00. The molecular formula is C13H22N2O2S2. The number of piperidine rings is 1. The normalized spacial score (nSPS) is 24.5. The minimum Gasteiger partial charge on any atom is -0.316 e. The first-order valence-electron chi connectivity index (χ1n) is 6.70. The number of aryl methyl sites for hydroxylation is 1. The highest BCUT2D eigenvalue weighted by Crippen LogP contribution is 2.24. The molecule has 0 spiro atoms. The number of hydrogen-bond donors (Lipinski definition) is 2. The summed E-state index contributed by atoms with van der Waals surface area (Å²) in [5, 5.41) is 5.31. The molecule has 2 rings (SSSR count). The lowest BCUT2D eigenvalue weighted by atomic mass is 9.83. The Morgan fingerprint density at radius 2 is 2.37 bits per heavy atom. The summed E-state index contributed by atoms with van der Waals surface area (Å²) in [6.07, 6.45) is 2.79. The van der Waals surface area contributed by atoms with Crippen molar-refractivity contribution < 1.29 is 8.42 Å². The zero-order valence-electron chi connectivity index (χ0n) is 11.3. The van der Waals surface area contributed by atoms with Gasteiger partial charge in [-0.1, -0.05) is 13.0 Å². The number of sulfonamides is 1. The van der Waals surface area contributed by atoms with Crippen molar-refractivity contribution in [3.05, 3.63) is 22.4 Å². The Hall–Kier alpha value is -0.430. The quantitative estimate of drug-likeness (QED) is 0.839. The summed E-state index contributed by atoms with van der Waals surface area (Å²) in [6, 6.07) is 3.93. The summed E-state index contributed by atoms with van der Waals surface area (Å²) in [6.45, 7) is 4.61. The fourth-order valence-corrected chi connectivity index (χ4v) is 4.36. The second kappa shape index (κ2) is 6.35. The van der Waals surface area contributed by atoms with E-state index in [4.69, 9.17) is 0 Å². The molecule has 0 amide bonds. The smallest absolute Gasteiger partial charge is 0.211 e. The van der Waals surface area contributed by atoms with Gasteiger partial charge in [0.2, 0.25) is 10.0 Å². The van der Waals surface area contributed by atoms with Crippen LogP contribution in [0.15, 0.2) is 17.5 Å². The van der Waals surface area contributed by atoms with Crippen LogP contribution in [0.4, 0.5) is 0 Å². The van der Waals surface area contributed by atoms with Crippen LogP contribution in [0.2, 0.25) is 0 Å². The highest BCUT2D eigenvalue weighted by molar-refractivity contribution is 7.89. The predicted molar refractivity (Wildman–Crippen MR) is 80.0 cm³/mol. The molecule has 0 aliphatic carbocycles. The molecule has 0 radical (unpaired) electrons. The number of nitrogens with one attached hydrogen (secondary N) is 2. The molecule has 1 saturated heterocycles. The number of thiophene rings is 1. The largest absolute Gasteiger partial charge is 0.316 e. The molecule has 1 fully saturated rings. The van der Waals surface area contributed by atoms with Gasteiger partial charge < -0.3 is 5.32 Å². The molecule has 1 aromatic heterocycles. The van der Waals surface area contributed by atoms with E-state index in [9.17, 15) is 8.42 Å². The van der Waals surface area contributed by atoms with Crippen molar-refractivity contribution in [1.82, 2.24) is 10.0 Å². The van der Waals surface area contributed by atoms with Gasteiger partial charge in [0.05, 0.1) is 5.75 Å². The zero-order chi connectivity index (χ0) is 13.8. The van der Waals surface area contributed by atoms with Crippen LogP contribution in [0.1, 0.15) is 24.6 Å². The third kappa shape index (κ3) is 4.87. The van der Waals surface area contributed by atoms with Crippen molar-refractivity contribution in [2.24, 2.45) is 5.41 Å². The highest BCUT2D eigenvalue weighted by atomic mass is 32.2. The summed E-state index contributed by atoms with van der Waals surface area (Å²) in [7, 11) is -3.17. The molecule has 1 aromatic rings. The molecule has 2 heterocycles. The maximum Gasteiger partial charge on any atom is 0.211 e. The second-order valence-electron chi connectivity index (χ2n) is 5.56. The van der Waals surface area contributed by atoms with Crippen molar-refractivity contribution in [2.45, 2.75) is 26.2 Å². The fourth-order valence-electron chi connectivity index (χ4n) is 2.32. The van der Waals surface area contributed by atoms with Crippen LogP contribution < -0.4 is 10.0 Å². The van der Waals surface area contributed by atoms with Crippen molar-refractivity contribution in [3.8, 4) is 0 Å². The van der Waals surface area contributed by atoms with Crippen LogP contribution in [0, 0.1) is 5.41 Å². The van der Waals surface area contributed by atoms with Crippen LogP contribution in [-0.2, 0) is 16.4 Å². The number of hydrogen-bond acceptors (Lipinski definition) is 4. The van der Waals surface area contributed by atoms with E-state index >= 15 is 0 Å². The summed E-state index contributed by atoms with van der Waals surface area (Å²) in [5.41, 5.74) is 0.0499. The van der Waals surface area contributed by atoms with Crippen LogP contribution in [-0.4, -0.2) is 33.8 Å². The lowest BCUT2D eigenvalue weighted by Crippen LogP contribution is -2.46. The van der Waals surface area contributed by atoms with Crippen molar-refractivity contribution >= 4 is 21.4 Å². The van der Waals surface area contributed by atoms with Crippen LogP contribution in [0.5, 0.6) is 0 Å². The highest BCUT2D eigenvalue weighted by Gasteiger charge is 2.28. The molecule has 19 heavy (non-hydrogen) atoms. The van der Waals surface area contributed by atoms with Gasteiger partial charge in [0.1, 0.15) is 0 Å². The Bertz CT molecular complexity index is 477. The van der Waals surface area contributed by atoms with E-state index in [0.29, 0.717) is 13.0 Å². The summed E-state index contributed by atoms with van der Waals surface area (Å²) >= 11 is 1.61. The molecule has 1 atom stereocenters. The van der Waals surface area contributed by atoms with Gasteiger partial charge >= 0.3 is 0 Å². The third-order valence-corrected chi connectivity index (χ3v) is 5.86. The van der Waals surface area contributed by atoms with E-state index in [0.717, 1.165) is 30.8 Å². The van der Waals surface area contributed by atoms with E-state index in [1.165, 1.54) is 0 Å². The first-order chi connectivity index (χ1) is 8.99. The van der Waals surface area contributed by atoms with Gasteiger partial charge in [-0.3, -0.25) is 0 Å². The Morgan fingerprint density at radius 3 is 3.00 bits per heavy atom. The zero-order valence-corrected chi connectivity index (χ0v) is 12.9. The molecule has 1 aliphatic heterocycles. The predicted octanol–water partition coefficient (Wildman–Crippen LogP) is 1.60. The maximum atomic E-state index is 12.0. The average molecular weight is 302 g/mol. The van der Waals surface area contributed by atoms with E-state index < -0.39 is 10.0 Å². The standard InChI is InChI=1S/C13H22N2O2S2/c1-13(6-3-7-14-10-13)11-15-19(16,17)9-5-12-4-2-8-18-12/h2,4,8,14-15H,3,5-7,9-11H2,1H3. The minimum absolute atomic E-state index is 0.0499. The maximum absolute atomic E-state index is 12.0. The molecule has 2 N–H and O–H groups in total. The summed E-state index contributed by atoms with van der Waals surface area (Å²) in [5.74, 6) is 0.178. The van der Waals surface area contributed by atoms with Crippen LogP contribution >= 0.6 is 11.3 Å². The SMILES string of the molecule is CC1(CNS(=O)(=O)CCc2cccs2)CCCNC1. The minimum atomic E-state index is -3.17. The number of rotatable bonds is 6. The second-order valence-corrected chi connectivity index (χ2v) is 8.52. The third-order valence-electron chi connectivity index (χ3n) is 3.60. The first-order valence-corrected chi connectivity index (χ1v) is 9.23. The summed E-state index contributed by atoms with van der Waals surface area (Å²) in [4.78, 5) is 1.12. The topological polar surface area (TPSA) is 58.2 Å². The Balaban J connectivity index is 1.80. The van der Waals surface area contributed by atoms with Gasteiger partial charge in [0.15, 0.2) is 0 Å². The first kappa shape index (κ1) is 15.0. The van der Waals surface area contributed by atoms with Gasteiger partial charge in [0, 0.05) is 18.0 Å². The van der Waals surface area contributed by atoms with Crippen molar-refractivity contribution in [1.29, 1.82) is 0 Å². The van der Waals surface area contributed by atoms with Crippen LogP contribution in [0.25, 0.3) is 0 Å². The monoisotopic (exact) mass is 302 g/mol. The van der Waals surface area contributed by atoms with E-state index in [1.54, 1.807) is 11.3 Å². The molecule has 108 valence electrons. The van der Waals surface area contributed by atoms with Gasteiger partial charge in [-0.25, -0.2) is 13.1 Å². The van der Waals surface area contributed by atoms with Gasteiger partial charge in [-0.2, -0.15) is 0 Å². The average Bonchev–Trinajstić information content (AvgIpc) is 2.89. The molecule has 0 bridgehead atoms. The van der Waals surface area contributed by atoms with Gasteiger partial charge in [-0.15, -0.1) is 11.3 Å². The lowest BCUT2D eigenvalue weighted by Gasteiger charge is -2.34. The molecule has 6 heteroatoms. The van der Waals surface area contributed by atoms with Gasteiger partial charge in [-0.05, 0) is 42.7 Å². The van der Waals surface area contributed by atoms with Crippen molar-refractivity contribution in [3.63, 3.8) is 0 Å². The Labute approximate surface area is 119 Å². The molecule has 1 aliphatic rings. The summed E-state index contributed by atoms with van der Waals surface area (Å²) < 4.78 is 26.7. The van der Waals surface area contributed by atoms with E-state index in [-0.39, 0.29) is 11.2 Å².